The third-order valence-electron chi connectivity index (χ3n) is 5.31. The lowest BCUT2D eigenvalue weighted by Gasteiger charge is -2.34. The molecule has 2 aromatic carbocycles. The predicted molar refractivity (Wildman–Crippen MR) is 116 cm³/mol. The van der Waals surface area contributed by atoms with Gasteiger partial charge < -0.3 is 10.2 Å². The van der Waals surface area contributed by atoms with Crippen molar-refractivity contribution in [2.45, 2.75) is 49.6 Å². The lowest BCUT2D eigenvalue weighted by Crippen LogP contribution is -2.43. The highest BCUT2D eigenvalue weighted by molar-refractivity contribution is 5.86. The molecule has 0 saturated heterocycles. The van der Waals surface area contributed by atoms with E-state index < -0.39 is 28.4 Å². The van der Waals surface area contributed by atoms with Gasteiger partial charge in [0, 0.05) is 12.8 Å². The van der Waals surface area contributed by atoms with Gasteiger partial charge in [-0.2, -0.15) is 20.8 Å². The Kier molecular flexibility index (Phi) is 7.45. The molecular formula is C24H24N4O4. The van der Waals surface area contributed by atoms with Crippen LogP contribution in [0, 0.1) is 22.7 Å². The van der Waals surface area contributed by atoms with Crippen LogP contribution in [0.15, 0.2) is 70.9 Å². The fourth-order valence-corrected chi connectivity index (χ4v) is 3.45. The van der Waals surface area contributed by atoms with Crippen LogP contribution in [0.1, 0.15) is 44.2 Å². The molecule has 0 aliphatic heterocycles. The summed E-state index contributed by atoms with van der Waals surface area (Å²) in [6, 6.07) is 21.1. The number of nitrogens with zero attached hydrogens (tertiary/aromatic N) is 4. The first-order chi connectivity index (χ1) is 15.1. The van der Waals surface area contributed by atoms with E-state index in [1.165, 1.54) is 13.8 Å². The smallest absolute Gasteiger partial charge is 0.318 e. The Bertz CT molecular complexity index is 1030. The molecule has 0 aliphatic rings. The van der Waals surface area contributed by atoms with Gasteiger partial charge in [-0.1, -0.05) is 60.7 Å². The van der Waals surface area contributed by atoms with Crippen LogP contribution in [0.4, 0.5) is 0 Å². The standard InChI is InChI=1S/C24H24N4O4/c1-22(16-25,14-13-20(29)30)27-28-23(2,17-26)15-24(21(31)32,18-9-5-3-6-10-18)19-11-7-4-8-12-19/h3-12H,13-15H2,1-2H3,(H,29,30)(H,31,32). The van der Waals surface area contributed by atoms with Crippen LogP contribution < -0.4 is 0 Å². The third-order valence-corrected chi connectivity index (χ3v) is 5.31. The summed E-state index contributed by atoms with van der Waals surface area (Å²) in [7, 11) is 0. The van der Waals surface area contributed by atoms with Crippen molar-refractivity contribution in [3.8, 4) is 12.1 Å². The number of carboxylic acids is 2. The van der Waals surface area contributed by atoms with Crippen LogP contribution in [0.25, 0.3) is 0 Å². The molecule has 0 fully saturated rings. The largest absolute Gasteiger partial charge is 0.481 e. The van der Waals surface area contributed by atoms with E-state index in [0.29, 0.717) is 11.1 Å². The van der Waals surface area contributed by atoms with Crippen molar-refractivity contribution >= 4 is 11.9 Å². The number of aliphatic carboxylic acids is 2. The van der Waals surface area contributed by atoms with Gasteiger partial charge in [-0.3, -0.25) is 9.59 Å². The molecule has 2 rings (SSSR count). The van der Waals surface area contributed by atoms with Crippen LogP contribution >= 0.6 is 0 Å². The van der Waals surface area contributed by atoms with Gasteiger partial charge in [0.05, 0.1) is 12.1 Å². The highest BCUT2D eigenvalue weighted by atomic mass is 16.4. The van der Waals surface area contributed by atoms with Crippen LogP contribution in [-0.4, -0.2) is 33.2 Å². The van der Waals surface area contributed by atoms with Crippen LogP contribution in [-0.2, 0) is 15.0 Å². The Morgan fingerprint density at radius 2 is 1.28 bits per heavy atom. The molecule has 2 N–H and O–H groups in total. The van der Waals surface area contributed by atoms with E-state index >= 15 is 0 Å². The Morgan fingerprint density at radius 3 is 1.66 bits per heavy atom. The van der Waals surface area contributed by atoms with Crippen molar-refractivity contribution in [2.24, 2.45) is 10.2 Å². The number of azo groups is 1. The zero-order valence-electron chi connectivity index (χ0n) is 17.9. The van der Waals surface area contributed by atoms with Crippen molar-refractivity contribution in [3.63, 3.8) is 0 Å². The Balaban J connectivity index is 2.58. The Morgan fingerprint density at radius 1 is 0.844 bits per heavy atom. The summed E-state index contributed by atoms with van der Waals surface area (Å²) < 4.78 is 0. The molecule has 0 spiro atoms. The minimum Gasteiger partial charge on any atom is -0.481 e. The molecule has 0 aromatic heterocycles. The first-order valence-electron chi connectivity index (χ1n) is 9.94. The first kappa shape index (κ1) is 24.2. The molecule has 8 heteroatoms. The average molecular weight is 432 g/mol. The number of carbonyl (C=O) groups is 2. The summed E-state index contributed by atoms with van der Waals surface area (Å²) in [5, 5.41) is 46.8. The van der Waals surface area contributed by atoms with E-state index in [0.717, 1.165) is 0 Å². The average Bonchev–Trinajstić information content (AvgIpc) is 2.81. The number of nitriles is 2. The quantitative estimate of drug-likeness (QED) is 0.534. The minimum absolute atomic E-state index is 0.0920. The van der Waals surface area contributed by atoms with Gasteiger partial charge in [0.2, 0.25) is 0 Å². The van der Waals surface area contributed by atoms with Gasteiger partial charge in [-0.25, -0.2) is 0 Å². The second kappa shape index (κ2) is 9.84. The van der Waals surface area contributed by atoms with E-state index in [9.17, 15) is 25.2 Å². The predicted octanol–water partition coefficient (Wildman–Crippen LogP) is 4.33. The van der Waals surface area contributed by atoms with Gasteiger partial charge in [-0.15, -0.1) is 0 Å². The van der Waals surface area contributed by atoms with E-state index in [2.05, 4.69) is 10.2 Å². The summed E-state index contributed by atoms with van der Waals surface area (Å²) >= 11 is 0. The van der Waals surface area contributed by atoms with Crippen molar-refractivity contribution in [1.82, 2.24) is 0 Å². The molecule has 2 unspecified atom stereocenters. The summed E-state index contributed by atoms with van der Waals surface area (Å²) in [5.41, 5.74) is -3.71. The SMILES string of the molecule is CC(C#N)(CCC(=O)O)N=NC(C)(C#N)CC(C(=O)O)(c1ccccc1)c1ccccc1. The van der Waals surface area contributed by atoms with E-state index in [4.69, 9.17) is 5.11 Å². The van der Waals surface area contributed by atoms with Crippen molar-refractivity contribution in [3.05, 3.63) is 71.8 Å². The molecule has 2 atom stereocenters. The zero-order valence-corrected chi connectivity index (χ0v) is 17.9. The highest BCUT2D eigenvalue weighted by Crippen LogP contribution is 2.41. The topological polar surface area (TPSA) is 147 Å². The molecule has 0 radical (unpaired) electrons. The van der Waals surface area contributed by atoms with Gasteiger partial charge in [0.15, 0.2) is 11.1 Å². The minimum atomic E-state index is -1.61. The summed E-state index contributed by atoms with van der Waals surface area (Å²) in [4.78, 5) is 23.6. The Hall–Kier alpha value is -4.04. The van der Waals surface area contributed by atoms with Crippen LogP contribution in [0.3, 0.4) is 0 Å². The maximum absolute atomic E-state index is 12.8. The molecule has 164 valence electrons. The maximum Gasteiger partial charge on any atom is 0.318 e. The third kappa shape index (κ3) is 5.35. The zero-order chi connectivity index (χ0) is 23.8. The molecule has 0 bridgehead atoms. The normalized spacial score (nSPS) is 15.1. The van der Waals surface area contributed by atoms with Crippen LogP contribution in [0.5, 0.6) is 0 Å². The molecular weight excluding hydrogens is 408 g/mol. The number of benzene rings is 2. The van der Waals surface area contributed by atoms with Gasteiger partial charge in [-0.05, 0) is 31.4 Å². The van der Waals surface area contributed by atoms with Gasteiger partial charge >= 0.3 is 11.9 Å². The summed E-state index contributed by atoms with van der Waals surface area (Å²) in [6.45, 7) is 2.88. The lowest BCUT2D eigenvalue weighted by molar-refractivity contribution is -0.143. The molecule has 0 amide bonds. The fraction of sp³-hybridized carbons (Fsp3) is 0.333. The van der Waals surface area contributed by atoms with E-state index in [1.807, 2.05) is 12.1 Å². The number of hydrogen-bond acceptors (Lipinski definition) is 6. The van der Waals surface area contributed by atoms with Crippen LogP contribution in [0.2, 0.25) is 0 Å². The summed E-state index contributed by atoms with van der Waals surface area (Å²) in [6.07, 6.45) is -0.630. The second-order valence-electron chi connectivity index (χ2n) is 7.98. The molecule has 0 aliphatic carbocycles. The second-order valence-corrected chi connectivity index (χ2v) is 7.98. The Labute approximate surface area is 186 Å². The van der Waals surface area contributed by atoms with Gasteiger partial charge in [0.1, 0.15) is 5.41 Å². The molecule has 2 aromatic rings. The number of carboxylic acid groups (broad SMARTS) is 2. The lowest BCUT2D eigenvalue weighted by atomic mass is 9.67. The van der Waals surface area contributed by atoms with E-state index in [-0.39, 0.29) is 19.3 Å². The highest BCUT2D eigenvalue weighted by Gasteiger charge is 2.48. The molecule has 0 saturated carbocycles. The van der Waals surface area contributed by atoms with E-state index in [1.54, 1.807) is 60.7 Å². The number of hydrogen-bond donors (Lipinski definition) is 2. The van der Waals surface area contributed by atoms with Gasteiger partial charge in [0.25, 0.3) is 0 Å². The van der Waals surface area contributed by atoms with Crippen molar-refractivity contribution < 1.29 is 19.8 Å². The molecule has 0 heterocycles. The first-order valence-corrected chi connectivity index (χ1v) is 9.94. The van der Waals surface area contributed by atoms with Crippen molar-refractivity contribution in [2.75, 3.05) is 0 Å². The fourth-order valence-electron chi connectivity index (χ4n) is 3.45. The number of rotatable bonds is 10. The molecule has 32 heavy (non-hydrogen) atoms. The summed E-state index contributed by atoms with van der Waals surface area (Å²) in [5.74, 6) is -2.23. The monoisotopic (exact) mass is 432 g/mol. The molecule has 8 nitrogen and oxygen atoms in total. The maximum atomic E-state index is 12.8. The van der Waals surface area contributed by atoms with Crippen molar-refractivity contribution in [1.29, 1.82) is 10.5 Å².